The number of aliphatic hydroxyl groups is 1. The molecule has 0 heterocycles. The molecule has 0 unspecified atom stereocenters. The number of hydrogen-bond acceptors (Lipinski definition) is 2. The number of hydrogen-bond donors (Lipinski definition) is 1. The van der Waals surface area contributed by atoms with Gasteiger partial charge in [-0.05, 0) is 31.0 Å². The summed E-state index contributed by atoms with van der Waals surface area (Å²) in [6.45, 7) is 2.89. The maximum absolute atomic E-state index is 8.61. The van der Waals surface area contributed by atoms with Gasteiger partial charge in [0.1, 0.15) is 0 Å². The van der Waals surface area contributed by atoms with E-state index >= 15 is 0 Å². The van der Waals surface area contributed by atoms with Gasteiger partial charge in [0.25, 0.3) is 0 Å². The Morgan fingerprint density at radius 3 is 2.57 bits per heavy atom. The number of benzene rings is 1. The summed E-state index contributed by atoms with van der Waals surface area (Å²) >= 11 is 3.39. The third-order valence-corrected chi connectivity index (χ3v) is 2.46. The SMILES string of the molecule is CC(=NCCCO)c1ccc(Br)cc1. The lowest BCUT2D eigenvalue weighted by molar-refractivity contribution is 0.291. The van der Waals surface area contributed by atoms with E-state index < -0.39 is 0 Å². The van der Waals surface area contributed by atoms with Gasteiger partial charge in [-0.25, -0.2) is 0 Å². The fraction of sp³-hybridized carbons (Fsp3) is 0.364. The first-order valence-electron chi connectivity index (χ1n) is 4.62. The van der Waals surface area contributed by atoms with Gasteiger partial charge < -0.3 is 5.11 Å². The summed E-state index contributed by atoms with van der Waals surface area (Å²) in [5, 5.41) is 8.61. The molecular weight excluding hydrogens is 242 g/mol. The van der Waals surface area contributed by atoms with Gasteiger partial charge in [-0.2, -0.15) is 0 Å². The second-order valence-electron chi connectivity index (χ2n) is 3.05. The summed E-state index contributed by atoms with van der Waals surface area (Å²) in [5.41, 5.74) is 2.15. The van der Waals surface area contributed by atoms with E-state index in [1.54, 1.807) is 0 Å². The molecule has 1 aromatic rings. The Labute approximate surface area is 92.8 Å². The Hall–Kier alpha value is -0.670. The highest BCUT2D eigenvalue weighted by atomic mass is 79.9. The molecular formula is C11H14BrNO. The van der Waals surface area contributed by atoms with Crippen LogP contribution < -0.4 is 0 Å². The summed E-state index contributed by atoms with van der Waals surface area (Å²) in [7, 11) is 0. The van der Waals surface area contributed by atoms with Crippen molar-refractivity contribution in [1.29, 1.82) is 0 Å². The van der Waals surface area contributed by atoms with Crippen molar-refractivity contribution in [3.8, 4) is 0 Å². The zero-order valence-corrected chi connectivity index (χ0v) is 9.79. The van der Waals surface area contributed by atoms with Crippen molar-refractivity contribution < 1.29 is 5.11 Å². The summed E-state index contributed by atoms with van der Waals surface area (Å²) in [4.78, 5) is 4.36. The lowest BCUT2D eigenvalue weighted by atomic mass is 10.1. The Morgan fingerprint density at radius 2 is 2.00 bits per heavy atom. The van der Waals surface area contributed by atoms with Crippen molar-refractivity contribution in [2.24, 2.45) is 4.99 Å². The molecule has 0 radical (unpaired) electrons. The largest absolute Gasteiger partial charge is 0.396 e. The molecule has 0 atom stereocenters. The van der Waals surface area contributed by atoms with Gasteiger partial charge >= 0.3 is 0 Å². The first-order chi connectivity index (χ1) is 6.74. The molecule has 0 bridgehead atoms. The molecule has 0 aliphatic rings. The average molecular weight is 256 g/mol. The van der Waals surface area contributed by atoms with Crippen molar-refractivity contribution >= 4 is 21.6 Å². The third-order valence-electron chi connectivity index (χ3n) is 1.93. The van der Waals surface area contributed by atoms with Crippen LogP contribution in [0.25, 0.3) is 0 Å². The molecule has 0 fully saturated rings. The van der Waals surface area contributed by atoms with E-state index in [-0.39, 0.29) is 6.61 Å². The minimum absolute atomic E-state index is 0.205. The van der Waals surface area contributed by atoms with E-state index in [9.17, 15) is 0 Å². The summed E-state index contributed by atoms with van der Waals surface area (Å²) in [6, 6.07) is 8.06. The van der Waals surface area contributed by atoms with Crippen LogP contribution in [0.2, 0.25) is 0 Å². The number of aliphatic imine (C=N–C) groups is 1. The zero-order valence-electron chi connectivity index (χ0n) is 8.20. The molecule has 0 aliphatic heterocycles. The van der Waals surface area contributed by atoms with Gasteiger partial charge in [0.05, 0.1) is 0 Å². The molecule has 0 saturated heterocycles. The van der Waals surface area contributed by atoms with E-state index in [2.05, 4.69) is 20.9 Å². The van der Waals surface area contributed by atoms with Gasteiger partial charge in [-0.3, -0.25) is 4.99 Å². The van der Waals surface area contributed by atoms with Crippen LogP contribution in [0.15, 0.2) is 33.7 Å². The molecule has 0 saturated carbocycles. The van der Waals surface area contributed by atoms with Gasteiger partial charge in [-0.1, -0.05) is 28.1 Å². The van der Waals surface area contributed by atoms with Crippen LogP contribution in [0.3, 0.4) is 0 Å². The third kappa shape index (κ3) is 3.60. The van der Waals surface area contributed by atoms with Gasteiger partial charge in [0, 0.05) is 23.3 Å². The number of rotatable bonds is 4. The van der Waals surface area contributed by atoms with Crippen LogP contribution in [0.4, 0.5) is 0 Å². The number of aliphatic hydroxyl groups excluding tert-OH is 1. The predicted molar refractivity (Wildman–Crippen MR) is 62.9 cm³/mol. The van der Waals surface area contributed by atoms with Crippen molar-refractivity contribution in [3.05, 3.63) is 34.3 Å². The summed E-state index contributed by atoms with van der Waals surface area (Å²) in [5.74, 6) is 0. The summed E-state index contributed by atoms with van der Waals surface area (Å²) < 4.78 is 1.07. The van der Waals surface area contributed by atoms with Crippen LogP contribution in [0.1, 0.15) is 18.9 Å². The second-order valence-corrected chi connectivity index (χ2v) is 3.97. The fourth-order valence-electron chi connectivity index (χ4n) is 1.10. The highest BCUT2D eigenvalue weighted by Gasteiger charge is 1.95. The van der Waals surface area contributed by atoms with Crippen LogP contribution in [0, 0.1) is 0 Å². The molecule has 1 aromatic carbocycles. The van der Waals surface area contributed by atoms with Crippen molar-refractivity contribution in [1.82, 2.24) is 0 Å². The van der Waals surface area contributed by atoms with E-state index in [0.717, 1.165) is 22.2 Å². The molecule has 3 heteroatoms. The second kappa shape index (κ2) is 5.94. The Morgan fingerprint density at radius 1 is 1.36 bits per heavy atom. The number of halogens is 1. The van der Waals surface area contributed by atoms with Crippen LogP contribution >= 0.6 is 15.9 Å². The Bertz CT molecular complexity index is 306. The standard InChI is InChI=1S/C11H14BrNO/c1-9(13-7-2-8-14)10-3-5-11(12)6-4-10/h3-6,14H,2,7-8H2,1H3. The molecule has 1 rings (SSSR count). The van der Waals surface area contributed by atoms with Crippen LogP contribution in [-0.2, 0) is 0 Å². The Balaban J connectivity index is 2.64. The quantitative estimate of drug-likeness (QED) is 0.652. The fourth-order valence-corrected chi connectivity index (χ4v) is 1.36. The topological polar surface area (TPSA) is 32.6 Å². The normalized spacial score (nSPS) is 11.8. The molecule has 1 N–H and O–H groups in total. The molecule has 76 valence electrons. The minimum Gasteiger partial charge on any atom is -0.396 e. The van der Waals surface area contributed by atoms with E-state index in [0.29, 0.717) is 6.54 Å². The molecule has 2 nitrogen and oxygen atoms in total. The maximum Gasteiger partial charge on any atom is 0.0448 e. The smallest absolute Gasteiger partial charge is 0.0448 e. The van der Waals surface area contributed by atoms with Crippen molar-refractivity contribution in [2.75, 3.05) is 13.2 Å². The average Bonchev–Trinajstić information content (AvgIpc) is 2.19. The van der Waals surface area contributed by atoms with E-state index in [4.69, 9.17) is 5.11 Å². The predicted octanol–water partition coefficient (Wildman–Crippen LogP) is 2.64. The van der Waals surface area contributed by atoms with Crippen molar-refractivity contribution in [3.63, 3.8) is 0 Å². The highest BCUT2D eigenvalue weighted by Crippen LogP contribution is 2.11. The first kappa shape index (κ1) is 11.4. The molecule has 0 spiro atoms. The summed E-state index contributed by atoms with van der Waals surface area (Å²) in [6.07, 6.45) is 0.730. The zero-order chi connectivity index (χ0) is 10.4. The van der Waals surface area contributed by atoms with Gasteiger partial charge in [0.2, 0.25) is 0 Å². The van der Waals surface area contributed by atoms with Crippen LogP contribution in [-0.4, -0.2) is 24.0 Å². The maximum atomic E-state index is 8.61. The lowest BCUT2D eigenvalue weighted by Crippen LogP contribution is -1.97. The molecule has 0 aromatic heterocycles. The molecule has 0 aliphatic carbocycles. The number of nitrogens with zero attached hydrogens (tertiary/aromatic N) is 1. The van der Waals surface area contributed by atoms with Gasteiger partial charge in [0.15, 0.2) is 0 Å². The Kier molecular flexibility index (Phi) is 4.84. The molecule has 14 heavy (non-hydrogen) atoms. The van der Waals surface area contributed by atoms with Crippen molar-refractivity contribution in [2.45, 2.75) is 13.3 Å². The first-order valence-corrected chi connectivity index (χ1v) is 5.41. The monoisotopic (exact) mass is 255 g/mol. The van der Waals surface area contributed by atoms with Gasteiger partial charge in [-0.15, -0.1) is 0 Å². The van der Waals surface area contributed by atoms with E-state index in [1.807, 2.05) is 31.2 Å². The highest BCUT2D eigenvalue weighted by molar-refractivity contribution is 9.10. The van der Waals surface area contributed by atoms with Crippen LogP contribution in [0.5, 0.6) is 0 Å². The molecule has 0 amide bonds. The van der Waals surface area contributed by atoms with E-state index in [1.165, 1.54) is 0 Å². The minimum atomic E-state index is 0.205. The lowest BCUT2D eigenvalue weighted by Gasteiger charge is -2.00.